The summed E-state index contributed by atoms with van der Waals surface area (Å²) in [5.74, 6) is -0.314. The Hall–Kier alpha value is -1.73. The Morgan fingerprint density at radius 2 is 1.90 bits per heavy atom. The highest BCUT2D eigenvalue weighted by Crippen LogP contribution is 2.28. The molecule has 0 aliphatic heterocycles. The van der Waals surface area contributed by atoms with Gasteiger partial charge in [0.05, 0.1) is 9.40 Å². The predicted molar refractivity (Wildman–Crippen MR) is 87.6 cm³/mol. The summed E-state index contributed by atoms with van der Waals surface area (Å²) in [5.41, 5.74) is 1.60. The van der Waals surface area contributed by atoms with E-state index in [1.165, 1.54) is 12.1 Å². The zero-order chi connectivity index (χ0) is 15.6. The summed E-state index contributed by atoms with van der Waals surface area (Å²) in [6.45, 7) is 1.82. The largest absolute Gasteiger partial charge is 0.322 e. The van der Waals surface area contributed by atoms with Crippen LogP contribution in [0, 0.1) is 17.0 Å². The van der Waals surface area contributed by atoms with Crippen LogP contribution in [-0.2, 0) is 0 Å². The average molecular weight is 414 g/mol. The molecule has 0 saturated carbocycles. The molecule has 1 amide bonds. The van der Waals surface area contributed by atoms with Crippen LogP contribution in [0.25, 0.3) is 0 Å². The summed E-state index contributed by atoms with van der Waals surface area (Å²) >= 11 is 6.42. The zero-order valence-corrected chi connectivity index (χ0v) is 14.1. The highest BCUT2D eigenvalue weighted by atomic mass is 79.9. The highest BCUT2D eigenvalue weighted by Gasteiger charge is 2.15. The van der Waals surface area contributed by atoms with E-state index < -0.39 is 4.92 Å². The first kappa shape index (κ1) is 15.7. The van der Waals surface area contributed by atoms with Crippen LogP contribution in [0.2, 0.25) is 0 Å². The maximum absolute atomic E-state index is 12.2. The van der Waals surface area contributed by atoms with E-state index in [9.17, 15) is 14.9 Å². The maximum atomic E-state index is 12.2. The van der Waals surface area contributed by atoms with Crippen molar-refractivity contribution in [2.75, 3.05) is 5.32 Å². The van der Waals surface area contributed by atoms with E-state index in [2.05, 4.69) is 37.2 Å². The van der Waals surface area contributed by atoms with E-state index >= 15 is 0 Å². The number of aryl methyl sites for hydroxylation is 1. The fourth-order valence-corrected chi connectivity index (χ4v) is 2.52. The Bertz CT molecular complexity index is 732. The Morgan fingerprint density at radius 1 is 1.19 bits per heavy atom. The van der Waals surface area contributed by atoms with E-state index in [1.807, 2.05) is 19.1 Å². The van der Waals surface area contributed by atoms with E-state index in [-0.39, 0.29) is 11.6 Å². The molecule has 2 aromatic carbocycles. The quantitative estimate of drug-likeness (QED) is 0.586. The van der Waals surface area contributed by atoms with Gasteiger partial charge in [-0.2, -0.15) is 0 Å². The van der Waals surface area contributed by atoms with Gasteiger partial charge in [0.25, 0.3) is 11.6 Å². The number of carbonyl (C=O) groups excluding carboxylic acids is 1. The Morgan fingerprint density at radius 3 is 2.57 bits per heavy atom. The van der Waals surface area contributed by atoms with Crippen molar-refractivity contribution in [1.82, 2.24) is 0 Å². The van der Waals surface area contributed by atoms with E-state index in [1.54, 1.807) is 12.1 Å². The van der Waals surface area contributed by atoms with Crippen LogP contribution in [0.1, 0.15) is 15.9 Å². The lowest BCUT2D eigenvalue weighted by Crippen LogP contribution is -2.13. The molecule has 2 aromatic rings. The van der Waals surface area contributed by atoms with Crippen molar-refractivity contribution in [3.05, 3.63) is 66.6 Å². The van der Waals surface area contributed by atoms with Gasteiger partial charge in [-0.15, -0.1) is 0 Å². The minimum Gasteiger partial charge on any atom is -0.322 e. The van der Waals surface area contributed by atoms with Gasteiger partial charge in [0.2, 0.25) is 0 Å². The molecule has 0 spiro atoms. The molecule has 0 aliphatic rings. The third-order valence-electron chi connectivity index (χ3n) is 2.84. The van der Waals surface area contributed by atoms with Gasteiger partial charge < -0.3 is 5.32 Å². The summed E-state index contributed by atoms with van der Waals surface area (Å²) in [5, 5.41) is 13.5. The number of nitro benzene ring substituents is 1. The number of anilines is 1. The van der Waals surface area contributed by atoms with Crippen molar-refractivity contribution in [2.45, 2.75) is 6.92 Å². The van der Waals surface area contributed by atoms with Gasteiger partial charge in [0.15, 0.2) is 0 Å². The monoisotopic (exact) mass is 412 g/mol. The van der Waals surface area contributed by atoms with Crippen LogP contribution in [0.4, 0.5) is 11.4 Å². The minimum atomic E-state index is -0.510. The first-order valence-corrected chi connectivity index (χ1v) is 7.48. The second kappa shape index (κ2) is 6.36. The molecular weight excluding hydrogens is 404 g/mol. The third kappa shape index (κ3) is 3.68. The molecule has 21 heavy (non-hydrogen) atoms. The second-order valence-electron chi connectivity index (χ2n) is 4.34. The van der Waals surface area contributed by atoms with Crippen LogP contribution in [-0.4, -0.2) is 10.8 Å². The Kier molecular flexibility index (Phi) is 4.74. The van der Waals surface area contributed by atoms with Gasteiger partial charge in [0.1, 0.15) is 0 Å². The lowest BCUT2D eigenvalue weighted by Gasteiger charge is -2.08. The average Bonchev–Trinajstić information content (AvgIpc) is 2.43. The lowest BCUT2D eigenvalue weighted by atomic mass is 10.1. The summed E-state index contributed by atoms with van der Waals surface area (Å²) < 4.78 is 1.16. The number of benzene rings is 2. The number of hydrogen-bond donors (Lipinski definition) is 1. The summed E-state index contributed by atoms with van der Waals surface area (Å²) in [4.78, 5) is 22.6. The number of amides is 1. The van der Waals surface area contributed by atoms with Gasteiger partial charge in [0, 0.05) is 21.8 Å². The van der Waals surface area contributed by atoms with Crippen LogP contribution in [0.3, 0.4) is 0 Å². The number of halogens is 2. The fourth-order valence-electron chi connectivity index (χ4n) is 1.77. The van der Waals surface area contributed by atoms with E-state index in [4.69, 9.17) is 0 Å². The smallest absolute Gasteiger partial charge is 0.285 e. The summed E-state index contributed by atoms with van der Waals surface area (Å²) in [6, 6.07) is 9.82. The van der Waals surface area contributed by atoms with Crippen molar-refractivity contribution in [3.63, 3.8) is 0 Å². The molecule has 108 valence electrons. The molecule has 7 heteroatoms. The number of nitrogens with zero attached hydrogens (tertiary/aromatic N) is 1. The maximum Gasteiger partial charge on any atom is 0.285 e. The number of nitrogens with one attached hydrogen (secondary N) is 1. The molecule has 0 radical (unpaired) electrons. The standard InChI is InChI=1S/C14H10Br2N2O3/c1-8-2-3-9(15)6-11(8)14(19)17-10-4-5-12(16)13(7-10)18(20)21/h2-7H,1H3,(H,17,19). The van der Waals surface area contributed by atoms with Crippen LogP contribution >= 0.6 is 31.9 Å². The van der Waals surface area contributed by atoms with Crippen molar-refractivity contribution < 1.29 is 9.72 Å². The second-order valence-corrected chi connectivity index (χ2v) is 6.11. The van der Waals surface area contributed by atoms with Crippen molar-refractivity contribution in [3.8, 4) is 0 Å². The van der Waals surface area contributed by atoms with Crippen LogP contribution in [0.15, 0.2) is 45.3 Å². The summed E-state index contributed by atoms with van der Waals surface area (Å²) in [6.07, 6.45) is 0. The molecule has 0 unspecified atom stereocenters. The number of nitro groups is 1. The molecule has 0 heterocycles. The third-order valence-corrected chi connectivity index (χ3v) is 4.01. The molecule has 0 saturated heterocycles. The predicted octanol–water partition coefficient (Wildman–Crippen LogP) is 4.68. The van der Waals surface area contributed by atoms with Gasteiger partial charge in [-0.1, -0.05) is 22.0 Å². The van der Waals surface area contributed by atoms with Crippen LogP contribution in [0.5, 0.6) is 0 Å². The highest BCUT2D eigenvalue weighted by molar-refractivity contribution is 9.10. The molecule has 0 aliphatic carbocycles. The normalized spacial score (nSPS) is 10.2. The topological polar surface area (TPSA) is 72.2 Å². The van der Waals surface area contributed by atoms with E-state index in [0.717, 1.165) is 10.0 Å². The lowest BCUT2D eigenvalue weighted by molar-refractivity contribution is -0.385. The molecule has 2 rings (SSSR count). The van der Waals surface area contributed by atoms with Gasteiger partial charge in [-0.3, -0.25) is 14.9 Å². The number of rotatable bonds is 3. The van der Waals surface area contributed by atoms with Gasteiger partial charge in [-0.25, -0.2) is 0 Å². The molecule has 0 atom stereocenters. The number of carbonyl (C=O) groups is 1. The fraction of sp³-hybridized carbons (Fsp3) is 0.0714. The minimum absolute atomic E-state index is 0.0984. The molecular formula is C14H10Br2N2O3. The van der Waals surface area contributed by atoms with Gasteiger partial charge in [-0.05, 0) is 52.7 Å². The molecule has 5 nitrogen and oxygen atoms in total. The molecule has 1 N–H and O–H groups in total. The van der Waals surface area contributed by atoms with E-state index in [0.29, 0.717) is 15.7 Å². The summed E-state index contributed by atoms with van der Waals surface area (Å²) in [7, 11) is 0. The van der Waals surface area contributed by atoms with Crippen molar-refractivity contribution >= 4 is 49.1 Å². The van der Waals surface area contributed by atoms with Gasteiger partial charge >= 0.3 is 0 Å². The first-order chi connectivity index (χ1) is 9.88. The van der Waals surface area contributed by atoms with Crippen LogP contribution < -0.4 is 5.32 Å². The molecule has 0 aromatic heterocycles. The van der Waals surface area contributed by atoms with Crippen molar-refractivity contribution in [2.24, 2.45) is 0 Å². The Balaban J connectivity index is 2.29. The number of hydrogen-bond acceptors (Lipinski definition) is 3. The molecule has 0 fully saturated rings. The first-order valence-electron chi connectivity index (χ1n) is 5.90. The SMILES string of the molecule is Cc1ccc(Br)cc1C(=O)Nc1ccc(Br)c([N+](=O)[O-])c1. The molecule has 0 bridgehead atoms. The zero-order valence-electron chi connectivity index (χ0n) is 10.9. The van der Waals surface area contributed by atoms with Crippen molar-refractivity contribution in [1.29, 1.82) is 0 Å². The Labute approximate surface area is 137 Å².